The molecule has 0 aromatic heterocycles. The zero-order chi connectivity index (χ0) is 21.9. The van der Waals surface area contributed by atoms with Crippen molar-refractivity contribution in [1.29, 1.82) is 0 Å². The first-order valence-electron chi connectivity index (χ1n) is 10.4. The minimum Gasteiger partial charge on any atom is -0.490 e. The lowest BCUT2D eigenvalue weighted by Gasteiger charge is -2.34. The molecule has 1 aromatic rings. The van der Waals surface area contributed by atoms with Gasteiger partial charge in [-0.1, -0.05) is 6.07 Å². The highest BCUT2D eigenvalue weighted by Gasteiger charge is 2.23. The lowest BCUT2D eigenvalue weighted by Crippen LogP contribution is -2.46. The van der Waals surface area contributed by atoms with Crippen LogP contribution in [-0.2, 0) is 11.3 Å². The normalized spacial score (nSPS) is 15.3. The lowest BCUT2D eigenvalue weighted by atomic mass is 9.93. The Balaban J connectivity index is 2.04. The zero-order valence-electron chi connectivity index (χ0n) is 17.9. The Morgan fingerprint density at radius 1 is 1.27 bits per heavy atom. The quantitative estimate of drug-likeness (QED) is 0.469. The van der Waals surface area contributed by atoms with E-state index in [0.717, 1.165) is 44.0 Å². The summed E-state index contributed by atoms with van der Waals surface area (Å²) >= 11 is 0. The van der Waals surface area contributed by atoms with Gasteiger partial charge in [-0.15, -0.1) is 0 Å². The first kappa shape index (κ1) is 23.7. The highest BCUT2D eigenvalue weighted by atomic mass is 19.3. The van der Waals surface area contributed by atoms with Crippen molar-refractivity contribution in [2.45, 2.75) is 46.3 Å². The zero-order valence-corrected chi connectivity index (χ0v) is 17.9. The molecule has 1 fully saturated rings. The maximum atomic E-state index is 12.6. The number of alkyl halides is 2. The number of carbonyl (C=O) groups is 1. The van der Waals surface area contributed by atoms with Crippen LogP contribution in [-0.4, -0.2) is 56.7 Å². The van der Waals surface area contributed by atoms with E-state index in [0.29, 0.717) is 25.5 Å². The Morgan fingerprint density at radius 3 is 2.60 bits per heavy atom. The van der Waals surface area contributed by atoms with Crippen LogP contribution < -0.4 is 20.1 Å². The molecule has 1 aliphatic heterocycles. The second-order valence-electron chi connectivity index (χ2n) is 7.07. The topological polar surface area (TPSA) is 75.2 Å². The number of hydrogen-bond acceptors (Lipinski definition) is 4. The van der Waals surface area contributed by atoms with E-state index in [2.05, 4.69) is 20.3 Å². The number of guanidine groups is 1. The molecule has 0 radical (unpaired) electrons. The summed E-state index contributed by atoms with van der Waals surface area (Å²) in [6, 6.07) is 4.88. The van der Waals surface area contributed by atoms with E-state index in [4.69, 9.17) is 9.73 Å². The monoisotopic (exact) mass is 426 g/mol. The highest BCUT2D eigenvalue weighted by Crippen LogP contribution is 2.30. The third kappa shape index (κ3) is 7.35. The van der Waals surface area contributed by atoms with Crippen LogP contribution in [0.3, 0.4) is 0 Å². The number of ether oxygens (including phenoxy) is 2. The van der Waals surface area contributed by atoms with Crippen molar-refractivity contribution in [3.63, 3.8) is 0 Å². The van der Waals surface area contributed by atoms with Gasteiger partial charge in [0.15, 0.2) is 17.5 Å². The van der Waals surface area contributed by atoms with Crippen LogP contribution in [0.4, 0.5) is 8.78 Å². The summed E-state index contributed by atoms with van der Waals surface area (Å²) in [5, 5.41) is 5.99. The fourth-order valence-electron chi connectivity index (χ4n) is 3.42. The summed E-state index contributed by atoms with van der Waals surface area (Å²) in [5.41, 5.74) is 0.838. The maximum Gasteiger partial charge on any atom is 0.387 e. The first-order chi connectivity index (χ1) is 14.5. The van der Waals surface area contributed by atoms with Crippen molar-refractivity contribution < 1.29 is 23.0 Å². The van der Waals surface area contributed by atoms with Crippen molar-refractivity contribution in [3.05, 3.63) is 23.8 Å². The van der Waals surface area contributed by atoms with Gasteiger partial charge in [0.1, 0.15) is 0 Å². The molecule has 2 N–H and O–H groups in total. The van der Waals surface area contributed by atoms with E-state index < -0.39 is 6.61 Å². The fourth-order valence-corrected chi connectivity index (χ4v) is 3.42. The molecule has 9 heteroatoms. The predicted molar refractivity (Wildman–Crippen MR) is 112 cm³/mol. The van der Waals surface area contributed by atoms with Gasteiger partial charge in [-0.2, -0.15) is 8.78 Å². The van der Waals surface area contributed by atoms with E-state index in [1.807, 2.05) is 6.92 Å². The van der Waals surface area contributed by atoms with E-state index in [-0.39, 0.29) is 17.4 Å². The molecule has 0 bridgehead atoms. The Bertz CT molecular complexity index is 707. The van der Waals surface area contributed by atoms with Crippen LogP contribution in [0, 0.1) is 5.92 Å². The van der Waals surface area contributed by atoms with E-state index in [1.54, 1.807) is 26.1 Å². The van der Waals surface area contributed by atoms with Gasteiger partial charge < -0.3 is 25.0 Å². The van der Waals surface area contributed by atoms with Gasteiger partial charge in [0.05, 0.1) is 13.2 Å². The van der Waals surface area contributed by atoms with Gasteiger partial charge in [0.2, 0.25) is 5.91 Å². The summed E-state index contributed by atoms with van der Waals surface area (Å²) in [5.74, 6) is 1.58. The molecule has 1 saturated heterocycles. The Hall–Kier alpha value is -2.58. The summed E-state index contributed by atoms with van der Waals surface area (Å²) in [7, 11) is 1.66. The molecule has 30 heavy (non-hydrogen) atoms. The van der Waals surface area contributed by atoms with Crippen LogP contribution in [0.15, 0.2) is 23.2 Å². The van der Waals surface area contributed by atoms with Crippen molar-refractivity contribution in [1.82, 2.24) is 15.5 Å². The van der Waals surface area contributed by atoms with E-state index in [1.165, 1.54) is 6.07 Å². The SMILES string of the molecule is CCNC(=NCc1ccc(OC(F)F)c(OCC)c1)N1CCC(CC(=O)NC)CC1. The minimum atomic E-state index is -2.90. The molecule has 1 heterocycles. The summed E-state index contributed by atoms with van der Waals surface area (Å²) in [4.78, 5) is 18.5. The molecule has 1 amide bonds. The van der Waals surface area contributed by atoms with Crippen LogP contribution in [0.1, 0.15) is 38.7 Å². The number of nitrogens with zero attached hydrogens (tertiary/aromatic N) is 2. The number of aliphatic imine (C=N–C) groups is 1. The van der Waals surface area contributed by atoms with E-state index >= 15 is 0 Å². The summed E-state index contributed by atoms with van der Waals surface area (Å²) in [6.07, 6.45) is 2.43. The van der Waals surface area contributed by atoms with Gasteiger partial charge in [0.25, 0.3) is 0 Å². The highest BCUT2D eigenvalue weighted by molar-refractivity contribution is 5.80. The summed E-state index contributed by atoms with van der Waals surface area (Å²) < 4.78 is 35.1. The van der Waals surface area contributed by atoms with Gasteiger partial charge in [-0.25, -0.2) is 4.99 Å². The third-order valence-corrected chi connectivity index (χ3v) is 4.94. The number of amides is 1. The molecule has 0 atom stereocenters. The van der Waals surface area contributed by atoms with Gasteiger partial charge >= 0.3 is 6.61 Å². The largest absolute Gasteiger partial charge is 0.490 e. The van der Waals surface area contributed by atoms with Gasteiger partial charge in [-0.05, 0) is 50.3 Å². The molecular weight excluding hydrogens is 394 g/mol. The standard InChI is InChI=1S/C21H32F2N4O3/c1-4-25-21(27-10-8-15(9-11-27)13-19(28)24-3)26-14-16-6-7-17(30-20(22)23)18(12-16)29-5-2/h6-7,12,15,20H,4-5,8-11,13-14H2,1-3H3,(H,24,28)(H,25,26). The number of hydrogen-bond donors (Lipinski definition) is 2. The average Bonchev–Trinajstić information content (AvgIpc) is 2.73. The number of likely N-dealkylation sites (tertiary alicyclic amines) is 1. The fraction of sp³-hybridized carbons (Fsp3) is 0.619. The van der Waals surface area contributed by atoms with Crippen LogP contribution in [0.2, 0.25) is 0 Å². The van der Waals surface area contributed by atoms with Crippen molar-refractivity contribution in [3.8, 4) is 11.5 Å². The van der Waals surface area contributed by atoms with Crippen LogP contribution in [0.25, 0.3) is 0 Å². The third-order valence-electron chi connectivity index (χ3n) is 4.94. The Kier molecular flexibility index (Phi) is 9.63. The molecule has 0 unspecified atom stereocenters. The average molecular weight is 427 g/mol. The summed E-state index contributed by atoms with van der Waals surface area (Å²) in [6.45, 7) is 4.03. The molecule has 2 rings (SSSR count). The van der Waals surface area contributed by atoms with Crippen molar-refractivity contribution in [2.24, 2.45) is 10.9 Å². The Morgan fingerprint density at radius 2 is 2.00 bits per heavy atom. The molecule has 0 spiro atoms. The van der Waals surface area contributed by atoms with Crippen LogP contribution >= 0.6 is 0 Å². The van der Waals surface area contributed by atoms with Crippen molar-refractivity contribution in [2.75, 3.05) is 33.3 Å². The molecule has 1 aliphatic rings. The first-order valence-corrected chi connectivity index (χ1v) is 10.4. The smallest absolute Gasteiger partial charge is 0.387 e. The van der Waals surface area contributed by atoms with Crippen molar-refractivity contribution >= 4 is 11.9 Å². The maximum absolute atomic E-state index is 12.6. The second-order valence-corrected chi connectivity index (χ2v) is 7.07. The molecule has 0 saturated carbocycles. The number of nitrogens with one attached hydrogen (secondary N) is 2. The van der Waals surface area contributed by atoms with Gasteiger partial charge in [0, 0.05) is 33.1 Å². The van der Waals surface area contributed by atoms with Crippen LogP contribution in [0.5, 0.6) is 11.5 Å². The molecule has 0 aliphatic carbocycles. The molecule has 168 valence electrons. The molecule has 7 nitrogen and oxygen atoms in total. The second kappa shape index (κ2) is 12.2. The number of benzene rings is 1. The Labute approximate surface area is 176 Å². The van der Waals surface area contributed by atoms with E-state index in [9.17, 15) is 13.6 Å². The lowest BCUT2D eigenvalue weighted by molar-refractivity contribution is -0.121. The molecular formula is C21H32F2N4O3. The number of rotatable bonds is 9. The number of carbonyl (C=O) groups excluding carboxylic acids is 1. The number of halogens is 2. The van der Waals surface area contributed by atoms with Gasteiger partial charge in [-0.3, -0.25) is 4.79 Å². The number of piperidine rings is 1. The molecule has 1 aromatic carbocycles. The minimum absolute atomic E-state index is 0.0182. The predicted octanol–water partition coefficient (Wildman–Crippen LogP) is 3.00.